The second-order valence-electron chi connectivity index (χ2n) is 3.55. The Morgan fingerprint density at radius 2 is 2.25 bits per heavy atom. The van der Waals surface area contributed by atoms with Gasteiger partial charge in [-0.25, -0.2) is 0 Å². The fourth-order valence-corrected chi connectivity index (χ4v) is 1.74. The van der Waals surface area contributed by atoms with Gasteiger partial charge in [-0.1, -0.05) is 6.92 Å². The molecule has 90 valence electrons. The van der Waals surface area contributed by atoms with E-state index in [1.165, 1.54) is 0 Å². The van der Waals surface area contributed by atoms with E-state index in [1.807, 2.05) is 6.92 Å². The SMILES string of the molecule is CCOC(CC)C(NN)c1cnccc1N. The van der Waals surface area contributed by atoms with Gasteiger partial charge in [-0.05, 0) is 19.4 Å². The molecule has 0 spiro atoms. The van der Waals surface area contributed by atoms with Crippen LogP contribution in [0.3, 0.4) is 0 Å². The van der Waals surface area contributed by atoms with Crippen molar-refractivity contribution in [2.24, 2.45) is 5.84 Å². The number of rotatable bonds is 6. The van der Waals surface area contributed by atoms with Crippen LogP contribution in [0.15, 0.2) is 18.5 Å². The van der Waals surface area contributed by atoms with Crippen LogP contribution in [0.2, 0.25) is 0 Å². The Labute approximate surface area is 96.2 Å². The van der Waals surface area contributed by atoms with Gasteiger partial charge < -0.3 is 10.5 Å². The monoisotopic (exact) mass is 224 g/mol. The minimum atomic E-state index is -0.126. The lowest BCUT2D eigenvalue weighted by molar-refractivity contribution is 0.0315. The van der Waals surface area contributed by atoms with Crippen molar-refractivity contribution in [2.45, 2.75) is 32.4 Å². The van der Waals surface area contributed by atoms with Crippen LogP contribution in [0.25, 0.3) is 0 Å². The Bertz CT molecular complexity index is 319. The molecule has 5 nitrogen and oxygen atoms in total. The molecular weight excluding hydrogens is 204 g/mol. The van der Waals surface area contributed by atoms with E-state index < -0.39 is 0 Å². The third-order valence-electron chi connectivity index (χ3n) is 2.56. The average molecular weight is 224 g/mol. The van der Waals surface area contributed by atoms with E-state index in [2.05, 4.69) is 17.3 Å². The van der Waals surface area contributed by atoms with Gasteiger partial charge in [0.2, 0.25) is 0 Å². The molecule has 0 saturated carbocycles. The Hall–Kier alpha value is -1.17. The zero-order valence-corrected chi connectivity index (χ0v) is 9.81. The van der Waals surface area contributed by atoms with Crippen molar-refractivity contribution in [1.29, 1.82) is 0 Å². The fraction of sp³-hybridized carbons (Fsp3) is 0.545. The maximum atomic E-state index is 5.89. The second-order valence-corrected chi connectivity index (χ2v) is 3.55. The van der Waals surface area contributed by atoms with Crippen molar-refractivity contribution < 1.29 is 4.74 Å². The lowest BCUT2D eigenvalue weighted by atomic mass is 10.0. The molecule has 1 aromatic rings. The fourth-order valence-electron chi connectivity index (χ4n) is 1.74. The number of aromatic nitrogens is 1. The van der Waals surface area contributed by atoms with Crippen LogP contribution >= 0.6 is 0 Å². The molecule has 0 aliphatic heterocycles. The summed E-state index contributed by atoms with van der Waals surface area (Å²) in [4.78, 5) is 4.06. The largest absolute Gasteiger partial charge is 0.398 e. The number of nitrogens with zero attached hydrogens (tertiary/aromatic N) is 1. The summed E-state index contributed by atoms with van der Waals surface area (Å²) >= 11 is 0. The molecule has 0 amide bonds. The number of nitrogens with two attached hydrogens (primary N) is 2. The number of anilines is 1. The molecule has 2 unspecified atom stereocenters. The highest BCUT2D eigenvalue weighted by Gasteiger charge is 2.22. The number of nitrogens with one attached hydrogen (secondary N) is 1. The highest BCUT2D eigenvalue weighted by atomic mass is 16.5. The molecule has 1 aromatic heterocycles. The molecule has 0 radical (unpaired) electrons. The maximum absolute atomic E-state index is 5.89. The van der Waals surface area contributed by atoms with Gasteiger partial charge >= 0.3 is 0 Å². The van der Waals surface area contributed by atoms with E-state index in [0.29, 0.717) is 12.3 Å². The molecule has 1 rings (SSSR count). The van der Waals surface area contributed by atoms with E-state index in [4.69, 9.17) is 16.3 Å². The third-order valence-corrected chi connectivity index (χ3v) is 2.56. The van der Waals surface area contributed by atoms with Gasteiger partial charge in [0.1, 0.15) is 0 Å². The first-order valence-electron chi connectivity index (χ1n) is 5.51. The van der Waals surface area contributed by atoms with Crippen molar-refractivity contribution in [2.75, 3.05) is 12.3 Å². The average Bonchev–Trinajstić information content (AvgIpc) is 2.31. The standard InChI is InChI=1S/C11H20N4O/c1-3-10(16-4-2)11(15-13)8-7-14-6-5-9(8)12/h5-7,10-11,15H,3-4,13H2,1-2H3,(H2,12,14). The predicted octanol–water partition coefficient (Wildman–Crippen LogP) is 0.983. The molecule has 0 saturated heterocycles. The summed E-state index contributed by atoms with van der Waals surface area (Å²) in [5, 5.41) is 0. The van der Waals surface area contributed by atoms with Crippen LogP contribution < -0.4 is 17.0 Å². The van der Waals surface area contributed by atoms with E-state index >= 15 is 0 Å². The quantitative estimate of drug-likeness (QED) is 0.495. The van der Waals surface area contributed by atoms with Crippen LogP contribution in [0.4, 0.5) is 5.69 Å². The highest BCUT2D eigenvalue weighted by molar-refractivity contribution is 5.46. The molecule has 5 N–H and O–H groups in total. The minimum absolute atomic E-state index is 0.00139. The van der Waals surface area contributed by atoms with Crippen molar-refractivity contribution in [1.82, 2.24) is 10.4 Å². The van der Waals surface area contributed by atoms with Gasteiger partial charge in [0, 0.05) is 30.3 Å². The summed E-state index contributed by atoms with van der Waals surface area (Å²) in [6, 6.07) is 1.64. The van der Waals surface area contributed by atoms with Gasteiger partial charge in [0.15, 0.2) is 0 Å². The van der Waals surface area contributed by atoms with Crippen LogP contribution in [0.5, 0.6) is 0 Å². The first-order chi connectivity index (χ1) is 7.74. The van der Waals surface area contributed by atoms with E-state index in [0.717, 1.165) is 12.0 Å². The number of pyridine rings is 1. The first kappa shape index (κ1) is 12.9. The lowest BCUT2D eigenvalue weighted by Gasteiger charge is -2.26. The van der Waals surface area contributed by atoms with Crippen molar-refractivity contribution in [3.63, 3.8) is 0 Å². The van der Waals surface area contributed by atoms with Crippen LogP contribution in [-0.2, 0) is 4.74 Å². The Kier molecular flexibility index (Phi) is 5.18. The van der Waals surface area contributed by atoms with Crippen LogP contribution in [0.1, 0.15) is 31.9 Å². The van der Waals surface area contributed by atoms with Crippen LogP contribution in [-0.4, -0.2) is 17.7 Å². The maximum Gasteiger partial charge on any atom is 0.0781 e. The van der Waals surface area contributed by atoms with Crippen molar-refractivity contribution >= 4 is 5.69 Å². The van der Waals surface area contributed by atoms with Gasteiger partial charge in [0.05, 0.1) is 12.1 Å². The predicted molar refractivity (Wildman–Crippen MR) is 64.4 cm³/mol. The lowest BCUT2D eigenvalue weighted by Crippen LogP contribution is -2.38. The van der Waals surface area contributed by atoms with Gasteiger partial charge in [-0.2, -0.15) is 0 Å². The topological polar surface area (TPSA) is 86.2 Å². The summed E-state index contributed by atoms with van der Waals surface area (Å²) in [6.45, 7) is 4.66. The van der Waals surface area contributed by atoms with Gasteiger partial charge in [-0.3, -0.25) is 16.3 Å². The number of ether oxygens (including phenoxy) is 1. The molecule has 0 fully saturated rings. The Morgan fingerprint density at radius 1 is 1.50 bits per heavy atom. The molecule has 16 heavy (non-hydrogen) atoms. The van der Waals surface area contributed by atoms with Gasteiger partial charge in [0.25, 0.3) is 0 Å². The highest BCUT2D eigenvalue weighted by Crippen LogP contribution is 2.24. The molecule has 0 aliphatic carbocycles. The van der Waals surface area contributed by atoms with Crippen molar-refractivity contribution in [3.8, 4) is 0 Å². The Balaban J connectivity index is 2.92. The van der Waals surface area contributed by atoms with E-state index in [9.17, 15) is 0 Å². The summed E-state index contributed by atoms with van der Waals surface area (Å²) in [7, 11) is 0. The number of hydrogen-bond acceptors (Lipinski definition) is 5. The molecule has 0 aliphatic rings. The summed E-state index contributed by atoms with van der Waals surface area (Å²) < 4.78 is 5.63. The second kappa shape index (κ2) is 6.42. The summed E-state index contributed by atoms with van der Waals surface area (Å²) in [6.07, 6.45) is 4.24. The zero-order valence-electron chi connectivity index (χ0n) is 9.81. The number of hydrazine groups is 1. The third kappa shape index (κ3) is 2.91. The molecule has 5 heteroatoms. The van der Waals surface area contributed by atoms with Gasteiger partial charge in [-0.15, -0.1) is 0 Å². The molecule has 1 heterocycles. The summed E-state index contributed by atoms with van der Waals surface area (Å²) in [5.41, 5.74) is 10.2. The van der Waals surface area contributed by atoms with E-state index in [-0.39, 0.29) is 12.1 Å². The smallest absolute Gasteiger partial charge is 0.0781 e. The molecular formula is C11H20N4O. The first-order valence-corrected chi connectivity index (χ1v) is 5.51. The zero-order chi connectivity index (χ0) is 12.0. The van der Waals surface area contributed by atoms with Crippen molar-refractivity contribution in [3.05, 3.63) is 24.0 Å². The molecule has 2 atom stereocenters. The number of nitrogen functional groups attached to an aromatic ring is 1. The Morgan fingerprint density at radius 3 is 2.75 bits per heavy atom. The summed E-state index contributed by atoms with van der Waals surface area (Å²) in [5.74, 6) is 5.57. The molecule has 0 bridgehead atoms. The minimum Gasteiger partial charge on any atom is -0.398 e. The van der Waals surface area contributed by atoms with E-state index in [1.54, 1.807) is 18.5 Å². The van der Waals surface area contributed by atoms with Crippen LogP contribution in [0, 0.1) is 0 Å². The molecule has 0 aromatic carbocycles. The number of hydrogen-bond donors (Lipinski definition) is 3. The normalized spacial score (nSPS) is 14.7.